The number of aromatic nitrogens is 2. The average Bonchev–Trinajstić information content (AvgIpc) is 2.84. The Labute approximate surface area is 197 Å². The van der Waals surface area contributed by atoms with E-state index in [0.29, 0.717) is 5.92 Å². The third-order valence-corrected chi connectivity index (χ3v) is 6.46. The van der Waals surface area contributed by atoms with Gasteiger partial charge in [-0.15, -0.1) is 0 Å². The zero-order chi connectivity index (χ0) is 23.4. The van der Waals surface area contributed by atoms with Gasteiger partial charge in [0.15, 0.2) is 0 Å². The molecule has 0 spiro atoms. The Morgan fingerprint density at radius 2 is 1.88 bits per heavy atom. The monoisotopic (exact) mass is 442 g/mol. The summed E-state index contributed by atoms with van der Waals surface area (Å²) in [5.41, 5.74) is 8.51. The van der Waals surface area contributed by atoms with Crippen LogP contribution in [0, 0.1) is 0 Å². The Hall–Kier alpha value is -3.22. The molecule has 4 rings (SSSR count). The maximum absolute atomic E-state index is 4.65. The first kappa shape index (κ1) is 23.0. The van der Waals surface area contributed by atoms with E-state index in [1.165, 1.54) is 11.1 Å². The Morgan fingerprint density at radius 1 is 1.09 bits per heavy atom. The number of rotatable bonds is 7. The highest BCUT2D eigenvalue weighted by Gasteiger charge is 2.20. The van der Waals surface area contributed by atoms with E-state index in [2.05, 4.69) is 82.7 Å². The van der Waals surface area contributed by atoms with E-state index >= 15 is 0 Å². The van der Waals surface area contributed by atoms with Crippen LogP contribution in [0.5, 0.6) is 0 Å². The van der Waals surface area contributed by atoms with Gasteiger partial charge in [0.2, 0.25) is 0 Å². The number of pyridine rings is 2. The summed E-state index contributed by atoms with van der Waals surface area (Å²) in [6, 6.07) is 12.7. The second-order valence-electron chi connectivity index (χ2n) is 8.93. The molecule has 1 aliphatic rings. The van der Waals surface area contributed by atoms with Gasteiger partial charge in [-0.3, -0.25) is 4.98 Å². The number of hydrogen-bond donors (Lipinski definition) is 2. The summed E-state index contributed by atoms with van der Waals surface area (Å²) in [6.45, 7) is 8.64. The van der Waals surface area contributed by atoms with Gasteiger partial charge >= 0.3 is 0 Å². The molecule has 0 bridgehead atoms. The Morgan fingerprint density at radius 3 is 2.64 bits per heavy atom. The van der Waals surface area contributed by atoms with E-state index in [4.69, 9.17) is 0 Å². The largest absolute Gasteiger partial charge is 0.340 e. The second kappa shape index (κ2) is 10.1. The van der Waals surface area contributed by atoms with Crippen molar-refractivity contribution in [3.05, 3.63) is 78.4 Å². The lowest BCUT2D eigenvalue weighted by atomic mass is 9.92. The molecule has 0 atom stereocenters. The first-order valence-electron chi connectivity index (χ1n) is 11.5. The number of piperidine rings is 1. The number of anilines is 1. The summed E-state index contributed by atoms with van der Waals surface area (Å²) in [6.07, 6.45) is 8.19. The number of benzene rings is 1. The van der Waals surface area contributed by atoms with Crippen molar-refractivity contribution in [1.82, 2.24) is 25.3 Å². The molecule has 0 saturated carbocycles. The molecule has 1 aliphatic heterocycles. The highest BCUT2D eigenvalue weighted by atomic mass is 15.5. The third kappa shape index (κ3) is 5.59. The van der Waals surface area contributed by atoms with Crippen LogP contribution in [0.2, 0.25) is 0 Å². The van der Waals surface area contributed by atoms with Crippen molar-refractivity contribution in [2.75, 3.05) is 39.5 Å². The van der Waals surface area contributed by atoms with E-state index in [-0.39, 0.29) is 0 Å². The summed E-state index contributed by atoms with van der Waals surface area (Å²) in [7, 11) is 6.07. The van der Waals surface area contributed by atoms with Crippen molar-refractivity contribution in [2.24, 2.45) is 0 Å². The number of likely N-dealkylation sites (tertiary alicyclic amines) is 1. The van der Waals surface area contributed by atoms with E-state index in [0.717, 1.165) is 59.5 Å². The molecule has 0 aliphatic carbocycles. The predicted octanol–water partition coefficient (Wildman–Crippen LogP) is 4.95. The number of allylic oxidation sites excluding steroid dienone is 1. The van der Waals surface area contributed by atoms with Gasteiger partial charge in [-0.05, 0) is 80.7 Å². The molecule has 3 aromatic rings. The molecule has 33 heavy (non-hydrogen) atoms. The summed E-state index contributed by atoms with van der Waals surface area (Å²) in [5, 5.41) is 7.59. The van der Waals surface area contributed by atoms with Gasteiger partial charge in [0, 0.05) is 60.9 Å². The Bertz CT molecular complexity index is 1160. The normalized spacial score (nSPS) is 15.6. The molecule has 1 aromatic carbocycles. The quantitative estimate of drug-likeness (QED) is 0.505. The lowest BCUT2D eigenvalue weighted by Crippen LogP contribution is -2.29. The van der Waals surface area contributed by atoms with Crippen LogP contribution < -0.4 is 10.7 Å². The molecule has 2 N–H and O–H groups in total. The van der Waals surface area contributed by atoms with Crippen molar-refractivity contribution in [3.8, 4) is 0 Å². The molecular weight excluding hydrogens is 408 g/mol. The van der Waals surface area contributed by atoms with Crippen LogP contribution in [-0.2, 0) is 0 Å². The van der Waals surface area contributed by atoms with Gasteiger partial charge < -0.3 is 15.2 Å². The van der Waals surface area contributed by atoms with Crippen molar-refractivity contribution < 1.29 is 0 Å². The smallest absolute Gasteiger partial charge is 0.130 e. The van der Waals surface area contributed by atoms with Crippen LogP contribution >= 0.6 is 0 Å². The molecule has 0 unspecified atom stereocenters. The minimum Gasteiger partial charge on any atom is -0.340 e. The van der Waals surface area contributed by atoms with Gasteiger partial charge in [0.05, 0.1) is 0 Å². The minimum absolute atomic E-state index is 0.518. The molecule has 172 valence electrons. The highest BCUT2D eigenvalue weighted by molar-refractivity contribution is 5.88. The lowest BCUT2D eigenvalue weighted by molar-refractivity contribution is 0.253. The summed E-state index contributed by atoms with van der Waals surface area (Å²) >= 11 is 0. The fourth-order valence-corrected chi connectivity index (χ4v) is 4.27. The van der Waals surface area contributed by atoms with Crippen LogP contribution in [0.15, 0.2) is 61.6 Å². The summed E-state index contributed by atoms with van der Waals surface area (Å²) < 4.78 is 0. The highest BCUT2D eigenvalue weighted by Crippen LogP contribution is 2.28. The minimum atomic E-state index is 0.518. The SMILES string of the molecule is C=C(Nc1cc2cc(/C(C)=C/N(C)NC)ccc2cn1)c1ccnc(C2CCN(C)CC2)c1. The summed E-state index contributed by atoms with van der Waals surface area (Å²) in [5.74, 6) is 1.31. The van der Waals surface area contributed by atoms with Crippen molar-refractivity contribution in [2.45, 2.75) is 25.7 Å². The van der Waals surface area contributed by atoms with Gasteiger partial charge in [0.1, 0.15) is 5.82 Å². The molecule has 0 radical (unpaired) electrons. The molecule has 1 saturated heterocycles. The van der Waals surface area contributed by atoms with E-state index in [1.807, 2.05) is 37.6 Å². The number of hydrogen-bond acceptors (Lipinski definition) is 6. The van der Waals surface area contributed by atoms with E-state index < -0.39 is 0 Å². The number of nitrogens with one attached hydrogen (secondary N) is 2. The number of nitrogens with zero attached hydrogens (tertiary/aromatic N) is 4. The zero-order valence-electron chi connectivity index (χ0n) is 20.1. The van der Waals surface area contributed by atoms with Crippen LogP contribution in [-0.4, -0.2) is 54.1 Å². The maximum Gasteiger partial charge on any atom is 0.130 e. The Kier molecular flexibility index (Phi) is 7.06. The maximum atomic E-state index is 4.65. The molecule has 6 nitrogen and oxygen atoms in total. The number of hydrazine groups is 1. The van der Waals surface area contributed by atoms with Crippen molar-refractivity contribution >= 4 is 27.9 Å². The molecular formula is C27H34N6. The van der Waals surface area contributed by atoms with Gasteiger partial charge in [-0.2, -0.15) is 0 Å². The van der Waals surface area contributed by atoms with E-state index in [9.17, 15) is 0 Å². The van der Waals surface area contributed by atoms with Crippen molar-refractivity contribution in [1.29, 1.82) is 0 Å². The fourth-order valence-electron chi connectivity index (χ4n) is 4.27. The molecule has 2 aromatic heterocycles. The first-order chi connectivity index (χ1) is 15.9. The molecule has 1 fully saturated rings. The third-order valence-electron chi connectivity index (χ3n) is 6.46. The van der Waals surface area contributed by atoms with Gasteiger partial charge in [0.25, 0.3) is 0 Å². The zero-order valence-corrected chi connectivity index (χ0v) is 20.1. The van der Waals surface area contributed by atoms with Crippen LogP contribution in [0.25, 0.3) is 22.0 Å². The molecule has 0 amide bonds. The second-order valence-corrected chi connectivity index (χ2v) is 8.93. The standard InChI is InChI=1S/C27H34N6/c1-19(18-33(5)28-3)22-6-7-24-17-30-27(16-25(24)14-22)31-20(2)23-8-11-29-26(15-23)21-9-12-32(4)13-10-21/h6-8,11,14-18,21,28H,2,9-10,12-13H2,1,3-5H3,(H,30,31)/b19-18+. The topological polar surface area (TPSA) is 56.3 Å². The Balaban J connectivity index is 1.52. The van der Waals surface area contributed by atoms with Crippen LogP contribution in [0.1, 0.15) is 42.5 Å². The van der Waals surface area contributed by atoms with Gasteiger partial charge in [-0.25, -0.2) is 10.4 Å². The fraction of sp³-hybridized carbons (Fsp3) is 0.333. The average molecular weight is 443 g/mol. The van der Waals surface area contributed by atoms with Crippen molar-refractivity contribution in [3.63, 3.8) is 0 Å². The first-order valence-corrected chi connectivity index (χ1v) is 11.5. The summed E-state index contributed by atoms with van der Waals surface area (Å²) in [4.78, 5) is 11.6. The van der Waals surface area contributed by atoms with Gasteiger partial charge in [-0.1, -0.05) is 18.7 Å². The molecule has 3 heterocycles. The number of fused-ring (bicyclic) bond motifs is 1. The van der Waals surface area contributed by atoms with Crippen LogP contribution in [0.3, 0.4) is 0 Å². The molecule has 6 heteroatoms. The van der Waals surface area contributed by atoms with Crippen LogP contribution in [0.4, 0.5) is 5.82 Å². The predicted molar refractivity (Wildman–Crippen MR) is 139 cm³/mol. The van der Waals surface area contributed by atoms with E-state index in [1.54, 1.807) is 0 Å². The lowest BCUT2D eigenvalue weighted by Gasteiger charge is -2.28.